The molecule has 0 atom stereocenters. The second-order valence-electron chi connectivity index (χ2n) is 4.20. The lowest BCUT2D eigenvalue weighted by molar-refractivity contribution is 0.649. The maximum atomic E-state index is 3.93. The van der Waals surface area contributed by atoms with Gasteiger partial charge >= 0.3 is 0 Å². The fourth-order valence-corrected chi connectivity index (χ4v) is 1.35. The number of hydrogen-bond donors (Lipinski definition) is 0. The molecule has 0 spiro atoms. The monoisotopic (exact) mass is 217 g/mol. The maximum absolute atomic E-state index is 3.93. The van der Waals surface area contributed by atoms with Gasteiger partial charge < -0.3 is 0 Å². The molecule has 88 valence electrons. The number of aliphatic imine (C=N–C) groups is 1. The first kappa shape index (κ1) is 14.6. The van der Waals surface area contributed by atoms with Crippen molar-refractivity contribution >= 4 is 6.21 Å². The maximum Gasteiger partial charge on any atom is 0.0277 e. The molecule has 0 saturated heterocycles. The summed E-state index contributed by atoms with van der Waals surface area (Å²) < 4.78 is 0. The van der Waals surface area contributed by atoms with E-state index >= 15 is 0 Å². The van der Waals surface area contributed by atoms with Crippen LogP contribution in [0.1, 0.15) is 26.7 Å². The standard InChI is InChI=1S/C15H23N/c1-6-7-8-15(11-13(2)3)10-9-14(4)12-16-5/h6,8-10,12-13H,1,4,7,11H2,2-3,5H3/b10-9-,15-8+,16-12?. The minimum absolute atomic E-state index is 0.661. The normalized spacial score (nSPS) is 12.9. The van der Waals surface area contributed by atoms with Crippen LogP contribution >= 0.6 is 0 Å². The van der Waals surface area contributed by atoms with Crippen molar-refractivity contribution in [3.05, 3.63) is 48.6 Å². The molecule has 16 heavy (non-hydrogen) atoms. The summed E-state index contributed by atoms with van der Waals surface area (Å²) in [5.41, 5.74) is 2.26. The second kappa shape index (κ2) is 8.90. The molecule has 1 heteroatoms. The lowest BCUT2D eigenvalue weighted by atomic mass is 10.0. The molecule has 0 aromatic rings. The fraction of sp³-hybridized carbons (Fsp3) is 0.400. The molecule has 0 saturated carbocycles. The van der Waals surface area contributed by atoms with Gasteiger partial charge in [0.2, 0.25) is 0 Å². The van der Waals surface area contributed by atoms with Crippen LogP contribution in [0.25, 0.3) is 0 Å². The van der Waals surface area contributed by atoms with Crippen molar-refractivity contribution in [3.63, 3.8) is 0 Å². The Kier molecular flexibility index (Phi) is 8.14. The molecule has 0 bridgehead atoms. The average Bonchev–Trinajstić information content (AvgIpc) is 2.22. The molecule has 0 radical (unpaired) electrons. The van der Waals surface area contributed by atoms with E-state index in [4.69, 9.17) is 0 Å². The third-order valence-electron chi connectivity index (χ3n) is 2.00. The summed E-state index contributed by atoms with van der Waals surface area (Å²) in [6, 6.07) is 0. The zero-order chi connectivity index (χ0) is 12.4. The molecule has 0 aromatic carbocycles. The van der Waals surface area contributed by atoms with Gasteiger partial charge in [0.25, 0.3) is 0 Å². The first-order valence-electron chi connectivity index (χ1n) is 5.69. The molecule has 0 rings (SSSR count). The van der Waals surface area contributed by atoms with Crippen molar-refractivity contribution < 1.29 is 0 Å². The summed E-state index contributed by atoms with van der Waals surface area (Å²) in [4.78, 5) is 3.93. The Labute approximate surface area is 100.0 Å². The van der Waals surface area contributed by atoms with Crippen LogP contribution in [0.2, 0.25) is 0 Å². The van der Waals surface area contributed by atoms with E-state index < -0.39 is 0 Å². The highest BCUT2D eigenvalue weighted by Gasteiger charge is 1.97. The minimum atomic E-state index is 0.661. The third-order valence-corrected chi connectivity index (χ3v) is 2.00. The molecule has 0 aromatic heterocycles. The van der Waals surface area contributed by atoms with Crippen LogP contribution in [0, 0.1) is 5.92 Å². The Hall–Kier alpha value is -1.37. The SMILES string of the molecule is C=CC/C=C(\C=C/C(=C)C=NC)CC(C)C. The van der Waals surface area contributed by atoms with Gasteiger partial charge in [-0.25, -0.2) is 0 Å². The second-order valence-corrected chi connectivity index (χ2v) is 4.20. The largest absolute Gasteiger partial charge is 0.296 e. The quantitative estimate of drug-likeness (QED) is 0.341. The van der Waals surface area contributed by atoms with Crippen molar-refractivity contribution in [2.45, 2.75) is 26.7 Å². The van der Waals surface area contributed by atoms with Crippen molar-refractivity contribution in [3.8, 4) is 0 Å². The van der Waals surface area contributed by atoms with Crippen molar-refractivity contribution in [2.75, 3.05) is 7.05 Å². The third kappa shape index (κ3) is 7.98. The number of rotatable bonds is 7. The molecule has 0 aliphatic carbocycles. The smallest absolute Gasteiger partial charge is 0.0277 e. The van der Waals surface area contributed by atoms with Gasteiger partial charge in [-0.15, -0.1) is 6.58 Å². The Balaban J connectivity index is 4.52. The molecule has 0 aliphatic rings. The minimum Gasteiger partial charge on any atom is -0.296 e. The van der Waals surface area contributed by atoms with Crippen LogP contribution < -0.4 is 0 Å². The molecular formula is C15H23N. The Bertz CT molecular complexity index is 303. The van der Waals surface area contributed by atoms with Gasteiger partial charge in [0, 0.05) is 13.3 Å². The molecule has 0 aliphatic heterocycles. The summed E-state index contributed by atoms with van der Waals surface area (Å²) in [5.74, 6) is 0.661. The van der Waals surface area contributed by atoms with E-state index in [1.807, 2.05) is 12.2 Å². The lowest BCUT2D eigenvalue weighted by Crippen LogP contribution is -1.89. The predicted molar refractivity (Wildman–Crippen MR) is 75.0 cm³/mol. The van der Waals surface area contributed by atoms with Crippen LogP contribution in [0.3, 0.4) is 0 Å². The summed E-state index contributed by atoms with van der Waals surface area (Å²) in [7, 11) is 1.75. The highest BCUT2D eigenvalue weighted by Crippen LogP contribution is 2.13. The van der Waals surface area contributed by atoms with E-state index in [2.05, 4.69) is 44.1 Å². The van der Waals surface area contributed by atoms with E-state index in [0.29, 0.717) is 5.92 Å². The van der Waals surface area contributed by atoms with Gasteiger partial charge in [-0.3, -0.25) is 4.99 Å². The first-order valence-corrected chi connectivity index (χ1v) is 5.69. The van der Waals surface area contributed by atoms with Crippen molar-refractivity contribution in [1.29, 1.82) is 0 Å². The summed E-state index contributed by atoms with van der Waals surface area (Å²) in [5, 5.41) is 0. The zero-order valence-electron chi connectivity index (χ0n) is 10.7. The zero-order valence-corrected chi connectivity index (χ0v) is 10.7. The van der Waals surface area contributed by atoms with Gasteiger partial charge in [-0.2, -0.15) is 0 Å². The Morgan fingerprint density at radius 3 is 2.50 bits per heavy atom. The molecule has 0 fully saturated rings. The Morgan fingerprint density at radius 1 is 1.31 bits per heavy atom. The van der Waals surface area contributed by atoms with Crippen LogP contribution in [-0.2, 0) is 0 Å². The number of allylic oxidation sites excluding steroid dienone is 6. The molecule has 0 unspecified atom stereocenters. The van der Waals surface area contributed by atoms with Gasteiger partial charge in [0.05, 0.1) is 0 Å². The molecular weight excluding hydrogens is 194 g/mol. The van der Waals surface area contributed by atoms with Crippen LogP contribution in [0.5, 0.6) is 0 Å². The molecule has 0 heterocycles. The Morgan fingerprint density at radius 2 is 2.00 bits per heavy atom. The summed E-state index contributed by atoms with van der Waals surface area (Å²) >= 11 is 0. The topological polar surface area (TPSA) is 12.4 Å². The molecule has 0 amide bonds. The fourth-order valence-electron chi connectivity index (χ4n) is 1.35. The van der Waals surface area contributed by atoms with Gasteiger partial charge in [0.15, 0.2) is 0 Å². The lowest BCUT2D eigenvalue weighted by Gasteiger charge is -2.05. The van der Waals surface area contributed by atoms with Gasteiger partial charge in [0.1, 0.15) is 0 Å². The van der Waals surface area contributed by atoms with Crippen LogP contribution in [0.4, 0.5) is 0 Å². The highest BCUT2D eigenvalue weighted by atomic mass is 14.6. The molecule has 1 nitrogen and oxygen atoms in total. The van der Waals surface area contributed by atoms with Crippen LogP contribution in [-0.4, -0.2) is 13.3 Å². The van der Waals surface area contributed by atoms with Crippen LogP contribution in [0.15, 0.2) is 53.6 Å². The first-order chi connectivity index (χ1) is 7.60. The number of hydrogen-bond acceptors (Lipinski definition) is 1. The molecule has 0 N–H and O–H groups in total. The highest BCUT2D eigenvalue weighted by molar-refractivity contribution is 5.81. The average molecular weight is 217 g/mol. The van der Waals surface area contributed by atoms with E-state index in [0.717, 1.165) is 18.4 Å². The van der Waals surface area contributed by atoms with E-state index in [1.54, 1.807) is 13.3 Å². The van der Waals surface area contributed by atoms with Crippen molar-refractivity contribution in [1.82, 2.24) is 0 Å². The van der Waals surface area contributed by atoms with E-state index in [9.17, 15) is 0 Å². The van der Waals surface area contributed by atoms with Gasteiger partial charge in [-0.05, 0) is 24.3 Å². The predicted octanol–water partition coefficient (Wildman–Crippen LogP) is 4.35. The van der Waals surface area contributed by atoms with E-state index in [1.165, 1.54) is 5.57 Å². The van der Waals surface area contributed by atoms with Gasteiger partial charge in [-0.1, -0.05) is 50.3 Å². The summed E-state index contributed by atoms with van der Waals surface area (Å²) in [6.45, 7) is 12.1. The van der Waals surface area contributed by atoms with Crippen molar-refractivity contribution in [2.24, 2.45) is 10.9 Å². The summed E-state index contributed by atoms with van der Waals surface area (Å²) in [6.07, 6.45) is 12.0. The number of nitrogens with zero attached hydrogens (tertiary/aromatic N) is 1. The van der Waals surface area contributed by atoms with E-state index in [-0.39, 0.29) is 0 Å².